The van der Waals surface area contributed by atoms with Crippen molar-refractivity contribution in [3.63, 3.8) is 0 Å². The molecule has 0 spiro atoms. The smallest absolute Gasteiger partial charge is 0.261 e. The van der Waals surface area contributed by atoms with Crippen molar-refractivity contribution in [2.24, 2.45) is 0 Å². The van der Waals surface area contributed by atoms with Gasteiger partial charge >= 0.3 is 0 Å². The van der Waals surface area contributed by atoms with Gasteiger partial charge in [0.15, 0.2) is 0 Å². The molecule has 7 heteroatoms. The van der Waals surface area contributed by atoms with Crippen LogP contribution in [0.25, 0.3) is 0 Å². The molecule has 2 amide bonds. The number of aryl methyl sites for hydroxylation is 1. The lowest BCUT2D eigenvalue weighted by atomic mass is 10.2. The molecule has 146 valence electrons. The molecule has 1 fully saturated rings. The van der Waals surface area contributed by atoms with Crippen molar-refractivity contribution >= 4 is 23.2 Å². The number of piperazine rings is 1. The predicted molar refractivity (Wildman–Crippen MR) is 109 cm³/mol. The Balaban J connectivity index is 1.70. The maximum absolute atomic E-state index is 12.6. The van der Waals surface area contributed by atoms with Crippen LogP contribution in [0.2, 0.25) is 0 Å². The summed E-state index contributed by atoms with van der Waals surface area (Å²) < 4.78 is 5.22. The summed E-state index contributed by atoms with van der Waals surface area (Å²) >= 11 is 0. The number of hydrogen-bond donors (Lipinski definition) is 1. The van der Waals surface area contributed by atoms with Crippen LogP contribution in [-0.2, 0) is 4.79 Å². The average Bonchev–Trinajstić information content (AvgIpc) is 2.73. The van der Waals surface area contributed by atoms with Gasteiger partial charge < -0.3 is 19.9 Å². The van der Waals surface area contributed by atoms with Crippen molar-refractivity contribution in [2.45, 2.75) is 6.92 Å². The minimum Gasteiger partial charge on any atom is -0.480 e. The van der Waals surface area contributed by atoms with Gasteiger partial charge in [-0.15, -0.1) is 0 Å². The summed E-state index contributed by atoms with van der Waals surface area (Å²) in [6.07, 6.45) is 1.35. The van der Waals surface area contributed by atoms with Gasteiger partial charge in [-0.05, 0) is 43.3 Å². The average molecular weight is 380 g/mol. The molecule has 0 aliphatic carbocycles. The van der Waals surface area contributed by atoms with Crippen LogP contribution in [0.15, 0.2) is 49.1 Å². The fourth-order valence-corrected chi connectivity index (χ4v) is 3.15. The maximum Gasteiger partial charge on any atom is 0.261 e. The SMILES string of the molecule is C=CC(=O)N1CCN(c2cccc(NC(=O)c3ccc(C)nc3OC)c2)CC1. The van der Waals surface area contributed by atoms with E-state index in [0.717, 1.165) is 24.5 Å². The standard InChI is InChI=1S/C21H24N4O3/c1-4-19(26)25-12-10-24(11-13-25)17-7-5-6-16(14-17)23-20(27)18-9-8-15(2)22-21(18)28-3/h4-9,14H,1,10-13H2,2-3H3,(H,23,27). The molecule has 28 heavy (non-hydrogen) atoms. The Morgan fingerprint density at radius 3 is 2.61 bits per heavy atom. The topological polar surface area (TPSA) is 74.8 Å². The quantitative estimate of drug-likeness (QED) is 0.807. The summed E-state index contributed by atoms with van der Waals surface area (Å²) in [5.41, 5.74) is 2.85. The highest BCUT2D eigenvalue weighted by Crippen LogP contribution is 2.23. The highest BCUT2D eigenvalue weighted by molar-refractivity contribution is 6.06. The Morgan fingerprint density at radius 1 is 1.18 bits per heavy atom. The van der Waals surface area contributed by atoms with Crippen molar-refractivity contribution in [3.05, 3.63) is 60.3 Å². The molecular weight excluding hydrogens is 356 g/mol. The lowest BCUT2D eigenvalue weighted by Gasteiger charge is -2.35. The van der Waals surface area contributed by atoms with Gasteiger partial charge in [-0.3, -0.25) is 9.59 Å². The normalized spacial score (nSPS) is 13.8. The minimum absolute atomic E-state index is 0.0404. The second-order valence-corrected chi connectivity index (χ2v) is 6.53. The van der Waals surface area contributed by atoms with Crippen molar-refractivity contribution in [2.75, 3.05) is 43.5 Å². The molecule has 2 heterocycles. The molecule has 0 saturated carbocycles. The monoisotopic (exact) mass is 380 g/mol. The van der Waals surface area contributed by atoms with Gasteiger partial charge in [0.1, 0.15) is 5.56 Å². The Bertz CT molecular complexity index is 889. The summed E-state index contributed by atoms with van der Waals surface area (Å²) in [5.74, 6) is -0.0131. The number of rotatable bonds is 5. The minimum atomic E-state index is -0.275. The van der Waals surface area contributed by atoms with Gasteiger partial charge in [-0.1, -0.05) is 12.6 Å². The van der Waals surface area contributed by atoms with Crippen molar-refractivity contribution in [1.82, 2.24) is 9.88 Å². The van der Waals surface area contributed by atoms with Crippen LogP contribution in [0, 0.1) is 6.92 Å². The number of nitrogens with zero attached hydrogens (tertiary/aromatic N) is 3. The van der Waals surface area contributed by atoms with Crippen LogP contribution in [0.5, 0.6) is 5.88 Å². The van der Waals surface area contributed by atoms with E-state index in [1.165, 1.54) is 13.2 Å². The fourth-order valence-electron chi connectivity index (χ4n) is 3.15. The molecule has 1 aliphatic heterocycles. The van der Waals surface area contributed by atoms with E-state index in [-0.39, 0.29) is 11.8 Å². The van der Waals surface area contributed by atoms with Gasteiger partial charge in [0, 0.05) is 43.2 Å². The lowest BCUT2D eigenvalue weighted by Crippen LogP contribution is -2.48. The second kappa shape index (κ2) is 8.56. The number of benzene rings is 1. The van der Waals surface area contributed by atoms with Crippen molar-refractivity contribution in [3.8, 4) is 5.88 Å². The molecule has 0 bridgehead atoms. The van der Waals surface area contributed by atoms with E-state index in [1.54, 1.807) is 17.0 Å². The number of carbonyl (C=O) groups is 2. The number of methoxy groups -OCH3 is 1. The maximum atomic E-state index is 12.6. The van der Waals surface area contributed by atoms with E-state index < -0.39 is 0 Å². The fraction of sp³-hybridized carbons (Fsp3) is 0.286. The molecule has 1 N–H and O–H groups in total. The van der Waals surface area contributed by atoms with Crippen LogP contribution in [0.3, 0.4) is 0 Å². The van der Waals surface area contributed by atoms with Crippen LogP contribution >= 0.6 is 0 Å². The van der Waals surface area contributed by atoms with Crippen molar-refractivity contribution < 1.29 is 14.3 Å². The number of pyridine rings is 1. The van der Waals surface area contributed by atoms with E-state index in [2.05, 4.69) is 21.8 Å². The Labute approximate surface area is 164 Å². The van der Waals surface area contributed by atoms with Gasteiger partial charge in [-0.25, -0.2) is 4.98 Å². The van der Waals surface area contributed by atoms with Gasteiger partial charge in [0.05, 0.1) is 7.11 Å². The number of amides is 2. The largest absolute Gasteiger partial charge is 0.480 e. The third-order valence-electron chi connectivity index (χ3n) is 4.67. The number of aromatic nitrogens is 1. The summed E-state index contributed by atoms with van der Waals surface area (Å²) in [7, 11) is 1.50. The molecule has 7 nitrogen and oxygen atoms in total. The predicted octanol–water partition coefficient (Wildman–Crippen LogP) is 2.49. The molecule has 1 saturated heterocycles. The lowest BCUT2D eigenvalue weighted by molar-refractivity contribution is -0.126. The summed E-state index contributed by atoms with van der Waals surface area (Å²) in [5, 5.41) is 2.90. The first kappa shape index (κ1) is 19.4. The number of nitrogens with one attached hydrogen (secondary N) is 1. The molecule has 0 radical (unpaired) electrons. The van der Waals surface area contributed by atoms with Crippen molar-refractivity contribution in [1.29, 1.82) is 0 Å². The zero-order valence-electron chi connectivity index (χ0n) is 16.1. The zero-order valence-corrected chi connectivity index (χ0v) is 16.1. The van der Waals surface area contributed by atoms with Gasteiger partial charge in [0.2, 0.25) is 11.8 Å². The summed E-state index contributed by atoms with van der Waals surface area (Å²) in [6.45, 7) is 8.13. The van der Waals surface area contributed by atoms with E-state index in [4.69, 9.17) is 4.74 Å². The van der Waals surface area contributed by atoms with Crippen LogP contribution < -0.4 is 15.0 Å². The molecule has 3 rings (SSSR count). The zero-order chi connectivity index (χ0) is 20.1. The molecule has 1 aromatic carbocycles. The molecule has 1 aliphatic rings. The summed E-state index contributed by atoms with van der Waals surface area (Å²) in [4.78, 5) is 32.6. The molecule has 0 unspecified atom stereocenters. The summed E-state index contributed by atoms with van der Waals surface area (Å²) in [6, 6.07) is 11.1. The van der Waals surface area contributed by atoms with E-state index in [9.17, 15) is 9.59 Å². The van der Waals surface area contributed by atoms with E-state index in [1.807, 2.05) is 31.2 Å². The van der Waals surface area contributed by atoms with Crippen LogP contribution in [-0.4, -0.2) is 55.0 Å². The Kier molecular flexibility index (Phi) is 5.93. The first-order valence-corrected chi connectivity index (χ1v) is 9.11. The highest BCUT2D eigenvalue weighted by atomic mass is 16.5. The number of carbonyl (C=O) groups excluding carboxylic acids is 2. The first-order valence-electron chi connectivity index (χ1n) is 9.11. The van der Waals surface area contributed by atoms with E-state index in [0.29, 0.717) is 30.2 Å². The Hall–Kier alpha value is -3.35. The van der Waals surface area contributed by atoms with E-state index >= 15 is 0 Å². The van der Waals surface area contributed by atoms with Gasteiger partial charge in [-0.2, -0.15) is 0 Å². The number of hydrogen-bond acceptors (Lipinski definition) is 5. The second-order valence-electron chi connectivity index (χ2n) is 6.53. The first-order chi connectivity index (χ1) is 13.5. The molecular formula is C21H24N4O3. The highest BCUT2D eigenvalue weighted by Gasteiger charge is 2.20. The Morgan fingerprint density at radius 2 is 1.93 bits per heavy atom. The molecule has 0 atom stereocenters. The van der Waals surface area contributed by atoms with Gasteiger partial charge in [0.25, 0.3) is 5.91 Å². The third-order valence-corrected chi connectivity index (χ3v) is 4.67. The number of ether oxygens (including phenoxy) is 1. The van der Waals surface area contributed by atoms with Crippen LogP contribution in [0.4, 0.5) is 11.4 Å². The molecule has 1 aromatic heterocycles. The van der Waals surface area contributed by atoms with Crippen LogP contribution in [0.1, 0.15) is 16.1 Å². The molecule has 2 aromatic rings. The third kappa shape index (κ3) is 4.31. The number of anilines is 2.